The maximum atomic E-state index is 12.6. The number of rotatable bonds is 5. The number of carbonyl (C=O) groups is 1. The normalized spacial score (nSPS) is 16.8. The highest BCUT2D eigenvalue weighted by atomic mass is 19.4. The van der Waals surface area contributed by atoms with Crippen LogP contribution in [0.25, 0.3) is 0 Å². The summed E-state index contributed by atoms with van der Waals surface area (Å²) in [5, 5.41) is 5.75. The molecule has 110 valence electrons. The second-order valence-electron chi connectivity index (χ2n) is 5.07. The Morgan fingerprint density at radius 1 is 1.40 bits per heavy atom. The Labute approximate surface area is 115 Å². The van der Waals surface area contributed by atoms with Gasteiger partial charge in [0, 0.05) is 12.1 Å². The van der Waals surface area contributed by atoms with Gasteiger partial charge in [0.05, 0.1) is 12.1 Å². The molecule has 1 fully saturated rings. The zero-order valence-electron chi connectivity index (χ0n) is 11.1. The van der Waals surface area contributed by atoms with E-state index in [0.29, 0.717) is 5.56 Å². The van der Waals surface area contributed by atoms with E-state index < -0.39 is 11.7 Å². The Hall–Kier alpha value is -1.56. The molecule has 20 heavy (non-hydrogen) atoms. The monoisotopic (exact) mass is 286 g/mol. The molecule has 1 unspecified atom stereocenters. The molecule has 1 atom stereocenters. The third kappa shape index (κ3) is 4.23. The lowest BCUT2D eigenvalue weighted by Gasteiger charge is -2.16. The molecule has 0 aliphatic heterocycles. The summed E-state index contributed by atoms with van der Waals surface area (Å²) < 4.78 is 37.8. The fraction of sp³-hybridized carbons (Fsp3) is 0.500. The van der Waals surface area contributed by atoms with Gasteiger partial charge in [-0.2, -0.15) is 13.2 Å². The number of hydrogen-bond donors (Lipinski definition) is 2. The maximum Gasteiger partial charge on any atom is 0.416 e. The third-order valence-electron chi connectivity index (χ3n) is 3.23. The minimum Gasteiger partial charge on any atom is -0.352 e. The van der Waals surface area contributed by atoms with E-state index >= 15 is 0 Å². The molecule has 0 saturated heterocycles. The van der Waals surface area contributed by atoms with Crippen LogP contribution in [-0.2, 0) is 11.0 Å². The molecule has 2 rings (SSSR count). The Morgan fingerprint density at radius 2 is 2.10 bits per heavy atom. The molecule has 3 nitrogen and oxygen atoms in total. The Balaban J connectivity index is 1.91. The predicted octanol–water partition coefficient (Wildman–Crippen LogP) is 2.63. The van der Waals surface area contributed by atoms with Gasteiger partial charge >= 0.3 is 6.18 Å². The Bertz CT molecular complexity index is 484. The number of alkyl halides is 3. The van der Waals surface area contributed by atoms with Crippen molar-refractivity contribution in [1.82, 2.24) is 10.6 Å². The molecule has 1 aromatic carbocycles. The zero-order valence-corrected chi connectivity index (χ0v) is 11.1. The lowest BCUT2D eigenvalue weighted by Crippen LogP contribution is -2.36. The first-order valence-electron chi connectivity index (χ1n) is 6.56. The second-order valence-corrected chi connectivity index (χ2v) is 5.07. The molecular formula is C14H17F3N2O. The van der Waals surface area contributed by atoms with Crippen LogP contribution in [0.3, 0.4) is 0 Å². The van der Waals surface area contributed by atoms with Crippen LogP contribution in [0.1, 0.15) is 36.9 Å². The van der Waals surface area contributed by atoms with Crippen molar-refractivity contribution in [3.05, 3.63) is 35.4 Å². The van der Waals surface area contributed by atoms with Gasteiger partial charge in [0.25, 0.3) is 0 Å². The molecule has 1 amide bonds. The van der Waals surface area contributed by atoms with Crippen LogP contribution >= 0.6 is 0 Å². The van der Waals surface area contributed by atoms with E-state index in [9.17, 15) is 18.0 Å². The van der Waals surface area contributed by atoms with E-state index in [-0.39, 0.29) is 24.5 Å². The van der Waals surface area contributed by atoms with Crippen molar-refractivity contribution in [1.29, 1.82) is 0 Å². The molecule has 0 aromatic heterocycles. The van der Waals surface area contributed by atoms with Crippen molar-refractivity contribution in [2.45, 2.75) is 38.0 Å². The smallest absolute Gasteiger partial charge is 0.352 e. The topological polar surface area (TPSA) is 41.1 Å². The zero-order chi connectivity index (χ0) is 14.8. The van der Waals surface area contributed by atoms with Crippen LogP contribution < -0.4 is 10.6 Å². The van der Waals surface area contributed by atoms with Crippen molar-refractivity contribution in [2.75, 3.05) is 6.54 Å². The highest BCUT2D eigenvalue weighted by molar-refractivity contribution is 5.78. The number of nitrogens with one attached hydrogen (secondary N) is 2. The highest BCUT2D eigenvalue weighted by Crippen LogP contribution is 2.30. The van der Waals surface area contributed by atoms with Crippen molar-refractivity contribution in [2.24, 2.45) is 0 Å². The number of halogens is 3. The summed E-state index contributed by atoms with van der Waals surface area (Å²) in [5.74, 6) is -0.119. The number of hydrogen-bond acceptors (Lipinski definition) is 2. The predicted molar refractivity (Wildman–Crippen MR) is 69.0 cm³/mol. The van der Waals surface area contributed by atoms with E-state index in [1.165, 1.54) is 6.07 Å². The molecular weight excluding hydrogens is 269 g/mol. The first-order valence-corrected chi connectivity index (χ1v) is 6.56. The average Bonchev–Trinajstić information content (AvgIpc) is 3.19. The number of amides is 1. The summed E-state index contributed by atoms with van der Waals surface area (Å²) in [7, 11) is 0. The van der Waals surface area contributed by atoms with E-state index in [0.717, 1.165) is 25.0 Å². The summed E-state index contributed by atoms with van der Waals surface area (Å²) >= 11 is 0. The second kappa shape index (κ2) is 5.83. The molecule has 0 bridgehead atoms. The van der Waals surface area contributed by atoms with E-state index in [4.69, 9.17) is 0 Å². The summed E-state index contributed by atoms with van der Waals surface area (Å²) in [4.78, 5) is 11.5. The molecule has 1 saturated carbocycles. The van der Waals surface area contributed by atoms with Crippen molar-refractivity contribution in [3.63, 3.8) is 0 Å². The molecule has 1 aliphatic carbocycles. The van der Waals surface area contributed by atoms with Gasteiger partial charge in [0.1, 0.15) is 0 Å². The Kier molecular flexibility index (Phi) is 4.32. The van der Waals surface area contributed by atoms with E-state index in [1.54, 1.807) is 13.0 Å². The highest BCUT2D eigenvalue weighted by Gasteiger charge is 2.30. The van der Waals surface area contributed by atoms with Crippen molar-refractivity contribution < 1.29 is 18.0 Å². The van der Waals surface area contributed by atoms with Gasteiger partial charge in [0.15, 0.2) is 0 Å². The molecule has 2 N–H and O–H groups in total. The van der Waals surface area contributed by atoms with Gasteiger partial charge in [-0.25, -0.2) is 0 Å². The average molecular weight is 286 g/mol. The van der Waals surface area contributed by atoms with E-state index in [2.05, 4.69) is 10.6 Å². The van der Waals surface area contributed by atoms with Gasteiger partial charge in [0.2, 0.25) is 5.91 Å². The molecule has 0 radical (unpaired) electrons. The van der Waals surface area contributed by atoms with Crippen LogP contribution in [-0.4, -0.2) is 18.5 Å². The van der Waals surface area contributed by atoms with Crippen molar-refractivity contribution >= 4 is 5.91 Å². The largest absolute Gasteiger partial charge is 0.416 e. The van der Waals surface area contributed by atoms with Crippen LogP contribution in [0.2, 0.25) is 0 Å². The SMILES string of the molecule is CC(NCC(=O)NC1CC1)c1cccc(C(F)(F)F)c1. The standard InChI is InChI=1S/C14H17F3N2O/c1-9(18-8-13(20)19-12-5-6-12)10-3-2-4-11(7-10)14(15,16)17/h2-4,7,9,12,18H,5-6,8H2,1H3,(H,19,20). The van der Waals surface area contributed by atoms with Crippen LogP contribution in [0, 0.1) is 0 Å². The quantitative estimate of drug-likeness (QED) is 0.873. The fourth-order valence-corrected chi connectivity index (χ4v) is 1.85. The maximum absolute atomic E-state index is 12.6. The molecule has 1 aromatic rings. The molecule has 6 heteroatoms. The molecule has 0 heterocycles. The molecule has 1 aliphatic rings. The van der Waals surface area contributed by atoms with Gasteiger partial charge in [-0.3, -0.25) is 4.79 Å². The lowest BCUT2D eigenvalue weighted by molar-refractivity contribution is -0.137. The summed E-state index contributed by atoms with van der Waals surface area (Å²) in [6.07, 6.45) is -2.33. The van der Waals surface area contributed by atoms with Gasteiger partial charge in [-0.15, -0.1) is 0 Å². The van der Waals surface area contributed by atoms with Crippen LogP contribution in [0.15, 0.2) is 24.3 Å². The number of benzene rings is 1. The summed E-state index contributed by atoms with van der Waals surface area (Å²) in [5.41, 5.74) is -0.162. The van der Waals surface area contributed by atoms with Gasteiger partial charge in [-0.05, 0) is 37.5 Å². The lowest BCUT2D eigenvalue weighted by atomic mass is 10.0. The fourth-order valence-electron chi connectivity index (χ4n) is 1.85. The van der Waals surface area contributed by atoms with Gasteiger partial charge in [-0.1, -0.05) is 12.1 Å². The van der Waals surface area contributed by atoms with Crippen LogP contribution in [0.5, 0.6) is 0 Å². The third-order valence-corrected chi connectivity index (χ3v) is 3.23. The first-order chi connectivity index (χ1) is 9.36. The van der Waals surface area contributed by atoms with Crippen LogP contribution in [0.4, 0.5) is 13.2 Å². The van der Waals surface area contributed by atoms with Gasteiger partial charge < -0.3 is 10.6 Å². The van der Waals surface area contributed by atoms with E-state index in [1.807, 2.05) is 0 Å². The summed E-state index contributed by atoms with van der Waals surface area (Å²) in [6, 6.07) is 5.11. The minimum atomic E-state index is -4.35. The Morgan fingerprint density at radius 3 is 2.70 bits per heavy atom. The number of carbonyl (C=O) groups excluding carboxylic acids is 1. The minimum absolute atomic E-state index is 0.105. The van der Waals surface area contributed by atoms with Crippen molar-refractivity contribution in [3.8, 4) is 0 Å². The summed E-state index contributed by atoms with van der Waals surface area (Å²) in [6.45, 7) is 1.84. The molecule has 0 spiro atoms. The first kappa shape index (κ1) is 14.8.